The molecule has 0 saturated heterocycles. The molecule has 0 fully saturated rings. The Morgan fingerprint density at radius 3 is 2.26 bits per heavy atom. The number of benzene rings is 3. The van der Waals surface area contributed by atoms with Crippen LogP contribution < -0.4 is 5.32 Å². The van der Waals surface area contributed by atoms with E-state index in [1.807, 2.05) is 80.6 Å². The summed E-state index contributed by atoms with van der Waals surface area (Å²) in [5.74, 6) is -0.346. The summed E-state index contributed by atoms with van der Waals surface area (Å²) in [4.78, 5) is 28.8. The molecule has 3 rings (SSSR count). The predicted molar refractivity (Wildman–Crippen MR) is 139 cm³/mol. The molecule has 0 aliphatic heterocycles. The van der Waals surface area contributed by atoms with Crippen LogP contribution >= 0.6 is 23.2 Å². The second-order valence-electron chi connectivity index (χ2n) is 8.44. The van der Waals surface area contributed by atoms with E-state index in [1.165, 1.54) is 0 Å². The molecule has 0 spiro atoms. The van der Waals surface area contributed by atoms with Gasteiger partial charge in [0.1, 0.15) is 6.04 Å². The number of carbonyl (C=O) groups is 2. The molecule has 0 radical (unpaired) electrons. The summed E-state index contributed by atoms with van der Waals surface area (Å²) in [6, 6.07) is 23.7. The number of hydrogen-bond donors (Lipinski definition) is 1. The highest BCUT2D eigenvalue weighted by Crippen LogP contribution is 2.21. The number of halogens is 2. The van der Waals surface area contributed by atoms with Crippen LogP contribution in [0.5, 0.6) is 0 Å². The molecular weight excluding hydrogens is 467 g/mol. The van der Waals surface area contributed by atoms with Gasteiger partial charge in [0.25, 0.3) is 0 Å². The van der Waals surface area contributed by atoms with E-state index in [4.69, 9.17) is 23.2 Å². The van der Waals surface area contributed by atoms with E-state index < -0.39 is 6.04 Å². The Bertz CT molecular complexity index is 1100. The van der Waals surface area contributed by atoms with Crippen molar-refractivity contribution in [2.45, 2.75) is 51.7 Å². The fraction of sp³-hybridized carbons (Fsp3) is 0.286. The quantitative estimate of drug-likeness (QED) is 0.369. The lowest BCUT2D eigenvalue weighted by Crippen LogP contribution is -2.52. The van der Waals surface area contributed by atoms with Gasteiger partial charge >= 0.3 is 0 Å². The minimum absolute atomic E-state index is 0.00235. The van der Waals surface area contributed by atoms with E-state index in [1.54, 1.807) is 17.0 Å². The van der Waals surface area contributed by atoms with Crippen LogP contribution in [0.2, 0.25) is 10.0 Å². The number of nitrogens with zero attached hydrogens (tertiary/aromatic N) is 1. The number of amides is 2. The van der Waals surface area contributed by atoms with E-state index in [0.717, 1.165) is 23.1 Å². The van der Waals surface area contributed by atoms with Gasteiger partial charge in [-0.25, -0.2) is 0 Å². The number of hydrogen-bond acceptors (Lipinski definition) is 2. The van der Waals surface area contributed by atoms with Crippen molar-refractivity contribution < 1.29 is 9.59 Å². The third-order valence-electron chi connectivity index (χ3n) is 5.81. The number of rotatable bonds is 10. The molecule has 0 aromatic heterocycles. The van der Waals surface area contributed by atoms with Crippen molar-refractivity contribution in [1.82, 2.24) is 10.2 Å². The first kappa shape index (κ1) is 25.8. The van der Waals surface area contributed by atoms with Crippen LogP contribution in [0.15, 0.2) is 78.9 Å². The first-order valence-corrected chi connectivity index (χ1v) is 12.2. The molecule has 178 valence electrons. The predicted octanol–water partition coefficient (Wildman–Crippen LogP) is 6.09. The van der Waals surface area contributed by atoms with E-state index >= 15 is 0 Å². The van der Waals surface area contributed by atoms with Gasteiger partial charge < -0.3 is 10.2 Å². The van der Waals surface area contributed by atoms with Crippen molar-refractivity contribution in [1.29, 1.82) is 0 Å². The summed E-state index contributed by atoms with van der Waals surface area (Å²) in [7, 11) is 0. The second kappa shape index (κ2) is 12.6. The van der Waals surface area contributed by atoms with Gasteiger partial charge in [-0.3, -0.25) is 9.59 Å². The Kier molecular flexibility index (Phi) is 9.55. The van der Waals surface area contributed by atoms with Gasteiger partial charge in [-0.2, -0.15) is 0 Å². The van der Waals surface area contributed by atoms with Gasteiger partial charge in [-0.15, -0.1) is 0 Å². The maximum Gasteiger partial charge on any atom is 0.243 e. The molecule has 3 aromatic rings. The molecule has 2 atom stereocenters. The molecule has 0 saturated carbocycles. The fourth-order valence-electron chi connectivity index (χ4n) is 3.73. The molecule has 0 aliphatic carbocycles. The van der Waals surface area contributed by atoms with Crippen molar-refractivity contribution in [2.75, 3.05) is 0 Å². The van der Waals surface area contributed by atoms with E-state index in [0.29, 0.717) is 16.5 Å². The summed E-state index contributed by atoms with van der Waals surface area (Å²) in [5.41, 5.74) is 2.56. The third-order valence-corrected chi connectivity index (χ3v) is 6.42. The van der Waals surface area contributed by atoms with Crippen LogP contribution in [0, 0.1) is 0 Å². The largest absolute Gasteiger partial charge is 0.352 e. The van der Waals surface area contributed by atoms with Gasteiger partial charge in [-0.05, 0) is 48.2 Å². The average Bonchev–Trinajstić information content (AvgIpc) is 2.83. The van der Waals surface area contributed by atoms with Crippen LogP contribution in [0.4, 0.5) is 0 Å². The zero-order chi connectivity index (χ0) is 24.5. The summed E-state index contributed by atoms with van der Waals surface area (Å²) in [5, 5.41) is 4.19. The SMILES string of the molecule is CC[C@@H](C)NC(=O)[C@@H](Cc1ccccc1)N(Cc1cccc(Cl)c1)C(=O)Cc1ccccc1Cl. The summed E-state index contributed by atoms with van der Waals surface area (Å²) >= 11 is 12.6. The molecule has 1 N–H and O–H groups in total. The van der Waals surface area contributed by atoms with Crippen molar-refractivity contribution in [3.05, 3.63) is 106 Å². The zero-order valence-electron chi connectivity index (χ0n) is 19.5. The minimum atomic E-state index is -0.689. The smallest absolute Gasteiger partial charge is 0.243 e. The molecule has 0 heterocycles. The minimum Gasteiger partial charge on any atom is -0.352 e. The van der Waals surface area contributed by atoms with Crippen molar-refractivity contribution in [3.63, 3.8) is 0 Å². The van der Waals surface area contributed by atoms with E-state index in [2.05, 4.69) is 5.32 Å². The fourth-order valence-corrected chi connectivity index (χ4v) is 4.15. The molecule has 0 bridgehead atoms. The maximum atomic E-state index is 13.7. The van der Waals surface area contributed by atoms with E-state index in [9.17, 15) is 9.59 Å². The second-order valence-corrected chi connectivity index (χ2v) is 9.29. The van der Waals surface area contributed by atoms with Crippen LogP contribution in [0.1, 0.15) is 37.0 Å². The lowest BCUT2D eigenvalue weighted by molar-refractivity contribution is -0.141. The molecule has 4 nitrogen and oxygen atoms in total. The molecule has 34 heavy (non-hydrogen) atoms. The highest BCUT2D eigenvalue weighted by Gasteiger charge is 2.31. The van der Waals surface area contributed by atoms with Gasteiger partial charge in [0.2, 0.25) is 11.8 Å². The normalized spacial score (nSPS) is 12.6. The Morgan fingerprint density at radius 1 is 0.912 bits per heavy atom. The summed E-state index contributed by atoms with van der Waals surface area (Å²) in [6.07, 6.45) is 1.30. The molecule has 2 amide bonds. The summed E-state index contributed by atoms with van der Waals surface area (Å²) in [6.45, 7) is 4.24. The Hall–Kier alpha value is -2.82. The first-order valence-electron chi connectivity index (χ1n) is 11.5. The molecular formula is C28H30Cl2N2O2. The maximum absolute atomic E-state index is 13.7. The van der Waals surface area contributed by atoms with Crippen molar-refractivity contribution >= 4 is 35.0 Å². The standard InChI is InChI=1S/C28H30Cl2N2O2/c1-3-20(2)31-28(34)26(17-21-10-5-4-6-11-21)32(19-22-12-9-14-24(29)16-22)27(33)18-23-13-7-8-15-25(23)30/h4-16,20,26H,3,17-19H2,1-2H3,(H,31,34)/t20-,26-/m1/s1. The van der Waals surface area contributed by atoms with Crippen LogP contribution in [-0.2, 0) is 29.0 Å². The lowest BCUT2D eigenvalue weighted by atomic mass is 10.0. The van der Waals surface area contributed by atoms with Crippen LogP contribution in [0.3, 0.4) is 0 Å². The molecule has 3 aromatic carbocycles. The third kappa shape index (κ3) is 7.34. The lowest BCUT2D eigenvalue weighted by Gasteiger charge is -2.32. The number of carbonyl (C=O) groups excluding carboxylic acids is 2. The van der Waals surface area contributed by atoms with Gasteiger partial charge in [0.05, 0.1) is 6.42 Å². The van der Waals surface area contributed by atoms with Crippen molar-refractivity contribution in [3.8, 4) is 0 Å². The zero-order valence-corrected chi connectivity index (χ0v) is 21.0. The van der Waals surface area contributed by atoms with Crippen LogP contribution in [0.25, 0.3) is 0 Å². The van der Waals surface area contributed by atoms with Gasteiger partial charge in [0.15, 0.2) is 0 Å². The molecule has 0 aliphatic rings. The summed E-state index contributed by atoms with van der Waals surface area (Å²) < 4.78 is 0. The Morgan fingerprint density at radius 2 is 1.59 bits per heavy atom. The molecule has 6 heteroatoms. The van der Waals surface area contributed by atoms with Crippen molar-refractivity contribution in [2.24, 2.45) is 0 Å². The van der Waals surface area contributed by atoms with Gasteiger partial charge in [0, 0.05) is 29.1 Å². The monoisotopic (exact) mass is 496 g/mol. The van der Waals surface area contributed by atoms with Gasteiger partial charge in [-0.1, -0.05) is 90.8 Å². The highest BCUT2D eigenvalue weighted by atomic mass is 35.5. The van der Waals surface area contributed by atoms with E-state index in [-0.39, 0.29) is 30.8 Å². The first-order chi connectivity index (χ1) is 16.4. The molecule has 0 unspecified atom stereocenters. The highest BCUT2D eigenvalue weighted by molar-refractivity contribution is 6.31. The average molecular weight is 497 g/mol. The Labute approximate surface area is 211 Å². The van der Waals surface area contributed by atoms with Crippen LogP contribution in [-0.4, -0.2) is 28.8 Å². The number of nitrogens with one attached hydrogen (secondary N) is 1. The Balaban J connectivity index is 1.98. The topological polar surface area (TPSA) is 49.4 Å².